The average Bonchev–Trinajstić information content (AvgIpc) is 2.45. The quantitative estimate of drug-likeness (QED) is 0.657. The first-order valence-electron chi connectivity index (χ1n) is 5.93. The lowest BCUT2D eigenvalue weighted by Gasteiger charge is -2.09. The van der Waals surface area contributed by atoms with Gasteiger partial charge in [0.15, 0.2) is 0 Å². The summed E-state index contributed by atoms with van der Waals surface area (Å²) in [5.41, 5.74) is 2.00. The second kappa shape index (κ2) is 5.13. The van der Waals surface area contributed by atoms with Gasteiger partial charge >= 0.3 is 0 Å². The van der Waals surface area contributed by atoms with E-state index >= 15 is 0 Å². The van der Waals surface area contributed by atoms with E-state index in [-0.39, 0.29) is 5.43 Å². The Morgan fingerprint density at radius 1 is 1.05 bits per heavy atom. The molecule has 0 amide bonds. The van der Waals surface area contributed by atoms with E-state index < -0.39 is 0 Å². The predicted molar refractivity (Wildman–Crippen MR) is 84.3 cm³/mol. The van der Waals surface area contributed by atoms with E-state index in [0.717, 1.165) is 5.52 Å². The van der Waals surface area contributed by atoms with Gasteiger partial charge in [0.25, 0.3) is 0 Å². The summed E-state index contributed by atoms with van der Waals surface area (Å²) in [4.78, 5) is 11.8. The van der Waals surface area contributed by atoms with Gasteiger partial charge in [0.05, 0.1) is 18.3 Å². The van der Waals surface area contributed by atoms with Crippen LogP contribution in [0.1, 0.15) is 5.56 Å². The Balaban J connectivity index is 2.08. The topological polar surface area (TPSA) is 34.9 Å². The maximum absolute atomic E-state index is 11.8. The third-order valence-corrected chi connectivity index (χ3v) is 3.73. The van der Waals surface area contributed by atoms with E-state index in [1.807, 2.05) is 28.9 Å². The van der Waals surface area contributed by atoms with Crippen molar-refractivity contribution < 1.29 is 0 Å². The molecule has 0 aliphatic rings. The number of halogens is 1. The Bertz CT molecular complexity index is 778. The zero-order valence-corrected chi connectivity index (χ0v) is 12.2. The molecule has 0 saturated heterocycles. The third kappa shape index (κ3) is 2.53. The second-order valence-electron chi connectivity index (χ2n) is 4.31. The Kier molecular flexibility index (Phi) is 3.33. The van der Waals surface area contributed by atoms with Crippen molar-refractivity contribution in [2.75, 3.05) is 0 Å². The highest BCUT2D eigenvalue weighted by Crippen LogP contribution is 2.12. The van der Waals surface area contributed by atoms with Crippen molar-refractivity contribution in [3.63, 3.8) is 0 Å². The van der Waals surface area contributed by atoms with Crippen molar-refractivity contribution in [1.82, 2.24) is 9.78 Å². The minimum Gasteiger partial charge on any atom is -0.287 e. The van der Waals surface area contributed by atoms with Crippen molar-refractivity contribution in [2.45, 2.75) is 6.54 Å². The van der Waals surface area contributed by atoms with E-state index in [2.05, 4.69) is 52.0 Å². The minimum absolute atomic E-state index is 0.0329. The number of nitrogens with zero attached hydrogens (tertiary/aromatic N) is 2. The van der Waals surface area contributed by atoms with Gasteiger partial charge in [-0.3, -0.25) is 9.48 Å². The number of hydrogen-bond donors (Lipinski definition) is 0. The van der Waals surface area contributed by atoms with Gasteiger partial charge in [-0.25, -0.2) is 0 Å². The summed E-state index contributed by atoms with van der Waals surface area (Å²) in [5, 5.41) is 4.94. The average molecular weight is 362 g/mol. The molecule has 0 N–H and O–H groups in total. The molecule has 19 heavy (non-hydrogen) atoms. The summed E-state index contributed by atoms with van der Waals surface area (Å²) in [5.74, 6) is 0. The second-order valence-corrected chi connectivity index (χ2v) is 5.56. The highest BCUT2D eigenvalue weighted by molar-refractivity contribution is 14.1. The molecular weight excluding hydrogens is 351 g/mol. The lowest BCUT2D eigenvalue weighted by Crippen LogP contribution is -2.12. The van der Waals surface area contributed by atoms with Crippen LogP contribution in [0.15, 0.2) is 59.5 Å². The van der Waals surface area contributed by atoms with Gasteiger partial charge in [-0.05, 0) is 52.4 Å². The first kappa shape index (κ1) is 12.3. The predicted octanol–water partition coefficient (Wildman–Crippen LogP) is 3.05. The number of fused-ring (bicyclic) bond motifs is 1. The summed E-state index contributed by atoms with van der Waals surface area (Å²) in [6, 6.07) is 15.9. The zero-order valence-electron chi connectivity index (χ0n) is 10.1. The van der Waals surface area contributed by atoms with Gasteiger partial charge in [-0.2, -0.15) is 5.10 Å². The van der Waals surface area contributed by atoms with Crippen LogP contribution in [-0.4, -0.2) is 9.78 Å². The SMILES string of the molecule is O=c1cnn(Cc2ccc(I)cc2)c2ccccc12. The van der Waals surface area contributed by atoms with Crippen molar-refractivity contribution in [2.24, 2.45) is 0 Å². The van der Waals surface area contributed by atoms with E-state index in [9.17, 15) is 4.79 Å². The first-order valence-corrected chi connectivity index (χ1v) is 7.01. The number of hydrogen-bond acceptors (Lipinski definition) is 2. The summed E-state index contributed by atoms with van der Waals surface area (Å²) in [7, 11) is 0. The van der Waals surface area contributed by atoms with Crippen molar-refractivity contribution in [1.29, 1.82) is 0 Å². The van der Waals surface area contributed by atoms with Crippen LogP contribution in [0, 0.1) is 3.57 Å². The lowest BCUT2D eigenvalue weighted by atomic mass is 10.2. The fraction of sp³-hybridized carbons (Fsp3) is 0.0667. The van der Waals surface area contributed by atoms with Gasteiger partial charge in [0.1, 0.15) is 0 Å². The van der Waals surface area contributed by atoms with E-state index in [1.54, 1.807) is 0 Å². The minimum atomic E-state index is -0.0329. The molecule has 0 aliphatic heterocycles. The van der Waals surface area contributed by atoms with Crippen molar-refractivity contribution in [3.8, 4) is 0 Å². The summed E-state index contributed by atoms with van der Waals surface area (Å²) in [6.07, 6.45) is 1.38. The Labute approximate surface area is 124 Å². The van der Waals surface area contributed by atoms with Crippen LogP contribution in [0.25, 0.3) is 10.9 Å². The molecule has 0 spiro atoms. The van der Waals surface area contributed by atoms with E-state index in [4.69, 9.17) is 0 Å². The van der Waals surface area contributed by atoms with Gasteiger partial charge in [-0.1, -0.05) is 24.3 Å². The monoisotopic (exact) mass is 362 g/mol. The highest BCUT2D eigenvalue weighted by atomic mass is 127. The molecule has 3 aromatic rings. The molecule has 1 heterocycles. The van der Waals surface area contributed by atoms with Crippen LogP contribution >= 0.6 is 22.6 Å². The van der Waals surface area contributed by atoms with E-state index in [1.165, 1.54) is 15.3 Å². The Morgan fingerprint density at radius 2 is 1.79 bits per heavy atom. The Hall–Kier alpha value is -1.69. The number of aromatic nitrogens is 2. The smallest absolute Gasteiger partial charge is 0.207 e. The normalized spacial score (nSPS) is 10.8. The molecule has 0 unspecified atom stereocenters. The maximum atomic E-state index is 11.8. The van der Waals surface area contributed by atoms with E-state index in [0.29, 0.717) is 11.9 Å². The van der Waals surface area contributed by atoms with Crippen molar-refractivity contribution >= 4 is 33.5 Å². The standard InChI is InChI=1S/C15H11IN2O/c16-12-7-5-11(6-8-12)10-18-14-4-2-1-3-13(14)15(19)9-17-18/h1-9H,10H2. The lowest BCUT2D eigenvalue weighted by molar-refractivity contribution is 0.695. The summed E-state index contributed by atoms with van der Waals surface area (Å²) in [6.45, 7) is 0.664. The van der Waals surface area contributed by atoms with Gasteiger partial charge in [0, 0.05) is 8.96 Å². The molecule has 3 rings (SSSR count). The number of benzene rings is 2. The molecule has 1 aromatic heterocycles. The molecule has 2 aromatic carbocycles. The largest absolute Gasteiger partial charge is 0.287 e. The van der Waals surface area contributed by atoms with Crippen LogP contribution in [-0.2, 0) is 6.54 Å². The van der Waals surface area contributed by atoms with Crippen LogP contribution in [0.5, 0.6) is 0 Å². The molecule has 0 atom stereocenters. The zero-order chi connectivity index (χ0) is 13.2. The maximum Gasteiger partial charge on any atom is 0.207 e. The van der Waals surface area contributed by atoms with Gasteiger partial charge in [0.2, 0.25) is 5.43 Å². The molecule has 4 heteroatoms. The van der Waals surface area contributed by atoms with Crippen LogP contribution in [0.2, 0.25) is 0 Å². The van der Waals surface area contributed by atoms with Gasteiger partial charge < -0.3 is 0 Å². The molecule has 94 valence electrons. The fourth-order valence-electron chi connectivity index (χ4n) is 2.05. The molecule has 0 fully saturated rings. The Morgan fingerprint density at radius 3 is 2.58 bits per heavy atom. The van der Waals surface area contributed by atoms with Crippen LogP contribution in [0.4, 0.5) is 0 Å². The highest BCUT2D eigenvalue weighted by Gasteiger charge is 2.03. The third-order valence-electron chi connectivity index (χ3n) is 3.01. The fourth-order valence-corrected chi connectivity index (χ4v) is 2.41. The summed E-state index contributed by atoms with van der Waals surface area (Å²) < 4.78 is 3.07. The van der Waals surface area contributed by atoms with Crippen LogP contribution in [0.3, 0.4) is 0 Å². The summed E-state index contributed by atoms with van der Waals surface area (Å²) >= 11 is 2.28. The molecule has 0 radical (unpaired) electrons. The van der Waals surface area contributed by atoms with Crippen LogP contribution < -0.4 is 5.43 Å². The number of para-hydroxylation sites is 1. The molecular formula is C15H11IN2O. The molecule has 3 nitrogen and oxygen atoms in total. The van der Waals surface area contributed by atoms with Crippen molar-refractivity contribution in [3.05, 3.63) is 74.1 Å². The molecule has 0 aliphatic carbocycles. The molecule has 0 bridgehead atoms. The number of rotatable bonds is 2. The first-order chi connectivity index (χ1) is 9.24. The molecule has 0 saturated carbocycles. The van der Waals surface area contributed by atoms with Gasteiger partial charge in [-0.15, -0.1) is 0 Å².